The monoisotopic (exact) mass is 198 g/mol. The fraction of sp³-hybridized carbons (Fsp3) is 0.375. The summed E-state index contributed by atoms with van der Waals surface area (Å²) in [6, 6.07) is 3.22. The molecule has 1 aliphatic heterocycles. The lowest BCUT2D eigenvalue weighted by Crippen LogP contribution is -2.51. The number of hydrogen-bond donors (Lipinski definition) is 1. The number of nitrogens with zero attached hydrogens (tertiary/aromatic N) is 1. The quantitative estimate of drug-likeness (QED) is 0.716. The topological polar surface area (TPSA) is 59.1 Å². The zero-order valence-corrected chi connectivity index (χ0v) is 7.79. The Balaban J connectivity index is 2.35. The van der Waals surface area contributed by atoms with Gasteiger partial charge in [-0.15, -0.1) is 0 Å². The van der Waals surface area contributed by atoms with Gasteiger partial charge in [-0.1, -0.05) is 0 Å². The molecule has 1 aliphatic rings. The van der Waals surface area contributed by atoms with Crippen LogP contribution in [0.15, 0.2) is 29.4 Å². The highest BCUT2D eigenvalue weighted by Crippen LogP contribution is 2.16. The van der Waals surface area contributed by atoms with Crippen molar-refractivity contribution >= 4 is 9.84 Å². The van der Waals surface area contributed by atoms with Crippen molar-refractivity contribution in [3.63, 3.8) is 0 Å². The maximum absolute atomic E-state index is 11.7. The Labute approximate surface area is 76.9 Å². The first kappa shape index (κ1) is 8.65. The van der Waals surface area contributed by atoms with Crippen LogP contribution in [-0.2, 0) is 9.84 Å². The van der Waals surface area contributed by atoms with Crippen molar-refractivity contribution in [1.82, 2.24) is 10.3 Å². The van der Waals surface area contributed by atoms with Crippen LogP contribution >= 0.6 is 0 Å². The molecule has 2 rings (SSSR count). The standard InChI is InChI=1S/C8H10N2O2S/c11-13(12,8-5-10-6-8)7-2-1-3-9-4-7/h1-4,8,10H,5-6H2. The van der Waals surface area contributed by atoms with Gasteiger partial charge in [0.25, 0.3) is 0 Å². The molecule has 13 heavy (non-hydrogen) atoms. The Hall–Kier alpha value is -0.940. The number of hydrogen-bond acceptors (Lipinski definition) is 4. The van der Waals surface area contributed by atoms with Crippen LogP contribution < -0.4 is 5.32 Å². The van der Waals surface area contributed by atoms with Gasteiger partial charge < -0.3 is 5.32 Å². The fourth-order valence-corrected chi connectivity index (χ4v) is 2.72. The summed E-state index contributed by atoms with van der Waals surface area (Å²) >= 11 is 0. The molecule has 4 nitrogen and oxygen atoms in total. The van der Waals surface area contributed by atoms with Crippen LogP contribution in [0, 0.1) is 0 Å². The van der Waals surface area contributed by atoms with E-state index in [1.165, 1.54) is 6.20 Å². The van der Waals surface area contributed by atoms with E-state index in [1.54, 1.807) is 18.3 Å². The first-order chi connectivity index (χ1) is 6.21. The van der Waals surface area contributed by atoms with E-state index in [9.17, 15) is 8.42 Å². The van der Waals surface area contributed by atoms with E-state index in [2.05, 4.69) is 10.3 Å². The van der Waals surface area contributed by atoms with E-state index >= 15 is 0 Å². The molecule has 1 fully saturated rings. The molecule has 2 heterocycles. The highest BCUT2D eigenvalue weighted by atomic mass is 32.2. The molecule has 1 aromatic rings. The van der Waals surface area contributed by atoms with Crippen molar-refractivity contribution in [2.24, 2.45) is 0 Å². The third kappa shape index (κ3) is 1.45. The maximum Gasteiger partial charge on any atom is 0.185 e. The summed E-state index contributed by atoms with van der Waals surface area (Å²) in [6.45, 7) is 1.11. The van der Waals surface area contributed by atoms with Crippen molar-refractivity contribution in [1.29, 1.82) is 0 Å². The third-order valence-electron chi connectivity index (χ3n) is 2.15. The molecule has 0 aliphatic carbocycles. The second-order valence-electron chi connectivity index (χ2n) is 3.01. The van der Waals surface area contributed by atoms with Crippen LogP contribution in [0.1, 0.15) is 0 Å². The predicted octanol–water partition coefficient (Wildman–Crippen LogP) is -0.173. The maximum atomic E-state index is 11.7. The van der Waals surface area contributed by atoms with E-state index in [0.717, 1.165) is 0 Å². The molecule has 0 bridgehead atoms. The van der Waals surface area contributed by atoms with Crippen LogP contribution in [0.5, 0.6) is 0 Å². The van der Waals surface area contributed by atoms with E-state index < -0.39 is 9.84 Å². The Kier molecular flexibility index (Phi) is 2.05. The first-order valence-electron chi connectivity index (χ1n) is 4.06. The van der Waals surface area contributed by atoms with Gasteiger partial charge in [-0.25, -0.2) is 8.42 Å². The molecule has 1 N–H and O–H groups in total. The first-order valence-corrected chi connectivity index (χ1v) is 5.60. The fourth-order valence-electron chi connectivity index (χ4n) is 1.19. The van der Waals surface area contributed by atoms with Gasteiger partial charge in [-0.2, -0.15) is 0 Å². The summed E-state index contributed by atoms with van der Waals surface area (Å²) in [7, 11) is -3.13. The lowest BCUT2D eigenvalue weighted by atomic mass is 10.3. The van der Waals surface area contributed by atoms with Gasteiger partial charge >= 0.3 is 0 Å². The highest BCUT2D eigenvalue weighted by Gasteiger charge is 2.32. The zero-order chi connectivity index (χ0) is 9.31. The average Bonchev–Trinajstić information content (AvgIpc) is 2.02. The Morgan fingerprint density at radius 2 is 2.23 bits per heavy atom. The molecule has 0 aromatic carbocycles. The minimum atomic E-state index is -3.13. The number of rotatable bonds is 2. The summed E-state index contributed by atoms with van der Waals surface area (Å²) in [6.07, 6.45) is 2.96. The van der Waals surface area contributed by atoms with E-state index in [1.807, 2.05) is 0 Å². The van der Waals surface area contributed by atoms with Gasteiger partial charge in [-0.05, 0) is 12.1 Å². The van der Waals surface area contributed by atoms with Crippen molar-refractivity contribution in [3.05, 3.63) is 24.5 Å². The summed E-state index contributed by atoms with van der Waals surface area (Å²) in [5.74, 6) is 0. The molecular formula is C8H10N2O2S. The number of nitrogens with one attached hydrogen (secondary N) is 1. The largest absolute Gasteiger partial charge is 0.314 e. The molecule has 0 unspecified atom stereocenters. The van der Waals surface area contributed by atoms with Crippen LogP contribution in [0.25, 0.3) is 0 Å². The third-order valence-corrected chi connectivity index (χ3v) is 4.26. The molecule has 0 radical (unpaired) electrons. The second kappa shape index (κ2) is 3.08. The molecule has 1 aromatic heterocycles. The molecule has 0 spiro atoms. The molecule has 0 saturated carbocycles. The predicted molar refractivity (Wildman–Crippen MR) is 48.1 cm³/mol. The summed E-state index contributed by atoms with van der Waals surface area (Å²) in [5, 5.41) is 2.67. The zero-order valence-electron chi connectivity index (χ0n) is 6.97. The van der Waals surface area contributed by atoms with Crippen LogP contribution in [-0.4, -0.2) is 31.7 Å². The summed E-state index contributed by atoms with van der Waals surface area (Å²) < 4.78 is 23.5. The number of aromatic nitrogens is 1. The molecule has 0 atom stereocenters. The molecule has 1 saturated heterocycles. The lowest BCUT2D eigenvalue weighted by Gasteiger charge is -2.26. The number of sulfone groups is 1. The summed E-state index contributed by atoms with van der Waals surface area (Å²) in [4.78, 5) is 4.11. The van der Waals surface area contributed by atoms with Gasteiger partial charge in [0.1, 0.15) is 0 Å². The van der Waals surface area contributed by atoms with E-state index in [-0.39, 0.29) is 5.25 Å². The van der Waals surface area contributed by atoms with Crippen molar-refractivity contribution in [2.75, 3.05) is 13.1 Å². The molecule has 0 amide bonds. The molecular weight excluding hydrogens is 188 g/mol. The normalized spacial score (nSPS) is 18.2. The van der Waals surface area contributed by atoms with Gasteiger partial charge in [0.15, 0.2) is 9.84 Å². The van der Waals surface area contributed by atoms with Gasteiger partial charge in [0.05, 0.1) is 10.1 Å². The van der Waals surface area contributed by atoms with Crippen molar-refractivity contribution in [3.8, 4) is 0 Å². The Morgan fingerprint density at radius 3 is 2.69 bits per heavy atom. The van der Waals surface area contributed by atoms with Gasteiger partial charge in [0, 0.05) is 25.5 Å². The van der Waals surface area contributed by atoms with Gasteiger partial charge in [0.2, 0.25) is 0 Å². The van der Waals surface area contributed by atoms with Crippen LogP contribution in [0.4, 0.5) is 0 Å². The minimum absolute atomic E-state index is 0.267. The second-order valence-corrected chi connectivity index (χ2v) is 5.24. The van der Waals surface area contributed by atoms with Gasteiger partial charge in [-0.3, -0.25) is 4.98 Å². The smallest absolute Gasteiger partial charge is 0.185 e. The van der Waals surface area contributed by atoms with Crippen molar-refractivity contribution in [2.45, 2.75) is 10.1 Å². The van der Waals surface area contributed by atoms with Crippen molar-refractivity contribution < 1.29 is 8.42 Å². The molecule has 70 valence electrons. The molecule has 5 heteroatoms. The number of pyridine rings is 1. The Bertz CT molecular complexity index is 384. The van der Waals surface area contributed by atoms with E-state index in [4.69, 9.17) is 0 Å². The SMILES string of the molecule is O=S(=O)(c1cccnc1)C1CNC1. The average molecular weight is 198 g/mol. The lowest BCUT2D eigenvalue weighted by molar-refractivity contribution is 0.495. The minimum Gasteiger partial charge on any atom is -0.314 e. The summed E-state index contributed by atoms with van der Waals surface area (Å²) in [5.41, 5.74) is 0. The van der Waals surface area contributed by atoms with Crippen LogP contribution in [0.3, 0.4) is 0 Å². The van der Waals surface area contributed by atoms with E-state index in [0.29, 0.717) is 18.0 Å². The Morgan fingerprint density at radius 1 is 1.46 bits per heavy atom. The van der Waals surface area contributed by atoms with Crippen LogP contribution in [0.2, 0.25) is 0 Å². The highest BCUT2D eigenvalue weighted by molar-refractivity contribution is 7.92.